The van der Waals surface area contributed by atoms with Crippen LogP contribution in [0.5, 0.6) is 0 Å². The van der Waals surface area contributed by atoms with Crippen molar-refractivity contribution in [2.24, 2.45) is 5.92 Å². The summed E-state index contributed by atoms with van der Waals surface area (Å²) < 4.78 is 5.55. The number of ether oxygens (including phenoxy) is 1. The highest BCUT2D eigenvalue weighted by Crippen LogP contribution is 2.21. The molecule has 1 N–H and O–H groups in total. The van der Waals surface area contributed by atoms with Crippen LogP contribution < -0.4 is 10.2 Å². The van der Waals surface area contributed by atoms with Gasteiger partial charge in [-0.25, -0.2) is 9.97 Å². The number of aromatic nitrogens is 2. The van der Waals surface area contributed by atoms with Crippen molar-refractivity contribution < 1.29 is 4.74 Å². The maximum Gasteiger partial charge on any atom is 0.135 e. The summed E-state index contributed by atoms with van der Waals surface area (Å²) in [5, 5.41) is 3.12. The van der Waals surface area contributed by atoms with E-state index in [0.717, 1.165) is 37.2 Å². The van der Waals surface area contributed by atoms with E-state index in [1.54, 1.807) is 0 Å². The molecular formula is C15H26N4O. The molecule has 2 rings (SSSR count). The third-order valence-corrected chi connectivity index (χ3v) is 3.68. The maximum absolute atomic E-state index is 5.55. The Bertz CT molecular complexity index is 430. The smallest absolute Gasteiger partial charge is 0.135 e. The molecule has 0 radical (unpaired) electrons. The van der Waals surface area contributed by atoms with Crippen LogP contribution in [-0.2, 0) is 4.74 Å². The van der Waals surface area contributed by atoms with Gasteiger partial charge in [0.1, 0.15) is 17.5 Å². The molecule has 1 aliphatic heterocycles. The summed E-state index contributed by atoms with van der Waals surface area (Å²) in [6, 6.07) is 2.01. The third kappa shape index (κ3) is 3.82. The molecule has 0 amide bonds. The lowest BCUT2D eigenvalue weighted by atomic mass is 10.0. The van der Waals surface area contributed by atoms with Crippen LogP contribution >= 0.6 is 0 Å². The molecular weight excluding hydrogens is 252 g/mol. The predicted molar refractivity (Wildman–Crippen MR) is 82.5 cm³/mol. The first kappa shape index (κ1) is 15.0. The lowest BCUT2D eigenvalue weighted by Crippen LogP contribution is -2.31. The van der Waals surface area contributed by atoms with Gasteiger partial charge in [-0.05, 0) is 18.8 Å². The SMILES string of the molecule is CNc1cc(N(C)CC2CCCOC2)nc(C(C)C)n1. The Balaban J connectivity index is 2.11. The second-order valence-corrected chi connectivity index (χ2v) is 5.84. The minimum atomic E-state index is 0.327. The van der Waals surface area contributed by atoms with Crippen LogP contribution in [-0.4, -0.2) is 43.8 Å². The molecule has 5 nitrogen and oxygen atoms in total. The van der Waals surface area contributed by atoms with Crippen molar-refractivity contribution in [1.29, 1.82) is 0 Å². The summed E-state index contributed by atoms with van der Waals surface area (Å²) >= 11 is 0. The van der Waals surface area contributed by atoms with Gasteiger partial charge in [0, 0.05) is 39.2 Å². The molecule has 5 heteroatoms. The van der Waals surface area contributed by atoms with E-state index < -0.39 is 0 Å². The molecule has 1 atom stereocenters. The normalized spacial score (nSPS) is 19.1. The van der Waals surface area contributed by atoms with Crippen LogP contribution in [0.1, 0.15) is 38.4 Å². The average molecular weight is 278 g/mol. The zero-order chi connectivity index (χ0) is 14.5. The fourth-order valence-corrected chi connectivity index (χ4v) is 2.47. The number of rotatable bonds is 5. The molecule has 1 aromatic rings. The fraction of sp³-hybridized carbons (Fsp3) is 0.733. The van der Waals surface area contributed by atoms with Gasteiger partial charge in [-0.3, -0.25) is 0 Å². The Labute approximate surface area is 121 Å². The van der Waals surface area contributed by atoms with Gasteiger partial charge < -0.3 is 15.0 Å². The highest BCUT2D eigenvalue weighted by atomic mass is 16.5. The van der Waals surface area contributed by atoms with E-state index in [-0.39, 0.29) is 0 Å². The largest absolute Gasteiger partial charge is 0.381 e. The van der Waals surface area contributed by atoms with Gasteiger partial charge in [-0.1, -0.05) is 13.8 Å². The Morgan fingerprint density at radius 2 is 2.25 bits per heavy atom. The number of hydrogen-bond donors (Lipinski definition) is 1. The Hall–Kier alpha value is -1.36. The number of nitrogens with one attached hydrogen (secondary N) is 1. The second kappa shape index (κ2) is 6.88. The zero-order valence-electron chi connectivity index (χ0n) is 13.0. The van der Waals surface area contributed by atoms with Crippen molar-refractivity contribution in [3.63, 3.8) is 0 Å². The summed E-state index contributed by atoms with van der Waals surface area (Å²) in [7, 11) is 3.99. The van der Waals surface area contributed by atoms with Crippen LogP contribution in [0.25, 0.3) is 0 Å². The summed E-state index contributed by atoms with van der Waals surface area (Å²) in [5.74, 6) is 3.68. The van der Waals surface area contributed by atoms with Crippen LogP contribution in [0, 0.1) is 5.92 Å². The first-order valence-electron chi connectivity index (χ1n) is 7.45. The topological polar surface area (TPSA) is 50.3 Å². The average Bonchev–Trinajstić information content (AvgIpc) is 2.47. The van der Waals surface area contributed by atoms with Gasteiger partial charge in [-0.2, -0.15) is 0 Å². The lowest BCUT2D eigenvalue weighted by molar-refractivity contribution is 0.0576. The van der Waals surface area contributed by atoms with Gasteiger partial charge >= 0.3 is 0 Å². The highest BCUT2D eigenvalue weighted by molar-refractivity contribution is 5.49. The second-order valence-electron chi connectivity index (χ2n) is 5.84. The first-order valence-corrected chi connectivity index (χ1v) is 7.45. The van der Waals surface area contributed by atoms with Crippen molar-refractivity contribution in [3.8, 4) is 0 Å². The Kier molecular flexibility index (Phi) is 5.17. The predicted octanol–water partition coefficient (Wildman–Crippen LogP) is 2.50. The summed E-state index contributed by atoms with van der Waals surface area (Å²) in [6.07, 6.45) is 2.41. The van der Waals surface area contributed by atoms with Crippen LogP contribution in [0.15, 0.2) is 6.07 Å². The molecule has 0 bridgehead atoms. The molecule has 1 aromatic heterocycles. The molecule has 1 aliphatic rings. The lowest BCUT2D eigenvalue weighted by Gasteiger charge is -2.28. The molecule has 1 unspecified atom stereocenters. The summed E-state index contributed by atoms with van der Waals surface area (Å²) in [4.78, 5) is 11.4. The number of nitrogens with zero attached hydrogens (tertiary/aromatic N) is 3. The Morgan fingerprint density at radius 1 is 1.45 bits per heavy atom. The minimum absolute atomic E-state index is 0.327. The molecule has 1 fully saturated rings. The molecule has 1 saturated heterocycles. The van der Waals surface area contributed by atoms with Crippen molar-refractivity contribution in [1.82, 2.24) is 9.97 Å². The standard InChI is InChI=1S/C15H26N4O/c1-11(2)15-17-13(16-3)8-14(18-15)19(4)9-12-6-5-7-20-10-12/h8,11-12H,5-7,9-10H2,1-4H3,(H,16,17,18). The van der Waals surface area contributed by atoms with Crippen LogP contribution in [0.3, 0.4) is 0 Å². The molecule has 20 heavy (non-hydrogen) atoms. The zero-order valence-corrected chi connectivity index (χ0v) is 13.0. The van der Waals surface area contributed by atoms with E-state index in [1.807, 2.05) is 13.1 Å². The van der Waals surface area contributed by atoms with Crippen molar-refractivity contribution >= 4 is 11.6 Å². The maximum atomic E-state index is 5.55. The van der Waals surface area contributed by atoms with E-state index in [4.69, 9.17) is 4.74 Å². The first-order chi connectivity index (χ1) is 9.60. The van der Waals surface area contributed by atoms with Crippen LogP contribution in [0.2, 0.25) is 0 Å². The quantitative estimate of drug-likeness (QED) is 0.897. The van der Waals surface area contributed by atoms with Crippen molar-refractivity contribution in [3.05, 3.63) is 11.9 Å². The van der Waals surface area contributed by atoms with Gasteiger partial charge in [-0.15, -0.1) is 0 Å². The third-order valence-electron chi connectivity index (χ3n) is 3.68. The highest BCUT2D eigenvalue weighted by Gasteiger charge is 2.18. The van der Waals surface area contributed by atoms with Crippen molar-refractivity contribution in [2.45, 2.75) is 32.6 Å². The van der Waals surface area contributed by atoms with E-state index in [1.165, 1.54) is 12.8 Å². The van der Waals surface area contributed by atoms with E-state index in [2.05, 4.69) is 41.1 Å². The Morgan fingerprint density at radius 3 is 2.85 bits per heavy atom. The van der Waals surface area contributed by atoms with Gasteiger partial charge in [0.2, 0.25) is 0 Å². The summed E-state index contributed by atoms with van der Waals surface area (Å²) in [5.41, 5.74) is 0. The van der Waals surface area contributed by atoms with Gasteiger partial charge in [0.15, 0.2) is 0 Å². The molecule has 0 aromatic carbocycles. The number of hydrogen-bond acceptors (Lipinski definition) is 5. The monoisotopic (exact) mass is 278 g/mol. The molecule has 2 heterocycles. The number of anilines is 2. The minimum Gasteiger partial charge on any atom is -0.381 e. The van der Waals surface area contributed by atoms with E-state index in [9.17, 15) is 0 Å². The fourth-order valence-electron chi connectivity index (χ4n) is 2.47. The molecule has 112 valence electrons. The molecule has 0 saturated carbocycles. The van der Waals surface area contributed by atoms with Crippen molar-refractivity contribution in [2.75, 3.05) is 44.1 Å². The summed E-state index contributed by atoms with van der Waals surface area (Å²) in [6.45, 7) is 7.00. The van der Waals surface area contributed by atoms with Crippen LogP contribution in [0.4, 0.5) is 11.6 Å². The molecule has 0 aliphatic carbocycles. The molecule has 0 spiro atoms. The van der Waals surface area contributed by atoms with E-state index in [0.29, 0.717) is 11.8 Å². The van der Waals surface area contributed by atoms with E-state index >= 15 is 0 Å². The van der Waals surface area contributed by atoms with Gasteiger partial charge in [0.05, 0.1) is 6.61 Å². The van der Waals surface area contributed by atoms with Gasteiger partial charge in [0.25, 0.3) is 0 Å².